The van der Waals surface area contributed by atoms with Crippen LogP contribution in [0.4, 0.5) is 5.82 Å². The molecule has 0 unspecified atom stereocenters. The maximum Gasteiger partial charge on any atom is 0.182 e. The molecule has 2 heterocycles. The molecule has 0 amide bonds. The minimum Gasteiger partial charge on any atom is -0.442 e. The van der Waals surface area contributed by atoms with E-state index in [-0.39, 0.29) is 5.41 Å². The summed E-state index contributed by atoms with van der Waals surface area (Å²) in [6, 6.07) is 0. The van der Waals surface area contributed by atoms with E-state index in [9.17, 15) is 0 Å². The first-order valence-electron chi connectivity index (χ1n) is 4.48. The zero-order valence-corrected chi connectivity index (χ0v) is 8.53. The largest absolute Gasteiger partial charge is 0.442 e. The molecule has 74 valence electrons. The van der Waals surface area contributed by atoms with E-state index in [0.717, 1.165) is 11.1 Å². The molecule has 4 nitrogen and oxygen atoms in total. The summed E-state index contributed by atoms with van der Waals surface area (Å²) in [5, 5.41) is 0. The van der Waals surface area contributed by atoms with Crippen molar-refractivity contribution in [3.05, 3.63) is 18.2 Å². The standard InChI is InChI=1S/C10H13N3O/c1-10(2,3)7-8-6(14-5-13-8)4-12-9(7)11/h4-5H,1-3H3,(H2,11,12). The van der Waals surface area contributed by atoms with Gasteiger partial charge in [0.2, 0.25) is 0 Å². The Kier molecular flexibility index (Phi) is 1.74. The van der Waals surface area contributed by atoms with Crippen LogP contribution in [0.3, 0.4) is 0 Å². The highest BCUT2D eigenvalue weighted by molar-refractivity contribution is 5.80. The van der Waals surface area contributed by atoms with Crippen LogP contribution in [0.5, 0.6) is 0 Å². The Hall–Kier alpha value is -1.58. The monoisotopic (exact) mass is 191 g/mol. The lowest BCUT2D eigenvalue weighted by Crippen LogP contribution is -2.15. The van der Waals surface area contributed by atoms with Crippen LogP contribution in [0.1, 0.15) is 26.3 Å². The van der Waals surface area contributed by atoms with Gasteiger partial charge in [-0.25, -0.2) is 9.97 Å². The highest BCUT2D eigenvalue weighted by atomic mass is 16.3. The van der Waals surface area contributed by atoms with E-state index < -0.39 is 0 Å². The van der Waals surface area contributed by atoms with Crippen LogP contribution < -0.4 is 5.73 Å². The minimum atomic E-state index is -0.0759. The van der Waals surface area contributed by atoms with Crippen LogP contribution in [-0.2, 0) is 5.41 Å². The van der Waals surface area contributed by atoms with Gasteiger partial charge >= 0.3 is 0 Å². The second kappa shape index (κ2) is 2.70. The lowest BCUT2D eigenvalue weighted by Gasteiger charge is -2.20. The predicted molar refractivity (Wildman–Crippen MR) is 54.9 cm³/mol. The molecule has 0 aromatic carbocycles. The van der Waals surface area contributed by atoms with Crippen molar-refractivity contribution in [2.75, 3.05) is 5.73 Å². The maximum absolute atomic E-state index is 5.84. The second-order valence-corrected chi connectivity index (χ2v) is 4.33. The SMILES string of the molecule is CC(C)(C)c1c(N)ncc2ocnc12. The Labute approximate surface area is 82.1 Å². The lowest BCUT2D eigenvalue weighted by molar-refractivity contribution is 0.591. The molecule has 0 spiro atoms. The fourth-order valence-corrected chi connectivity index (χ4v) is 1.59. The Morgan fingerprint density at radius 2 is 2.00 bits per heavy atom. The first-order chi connectivity index (χ1) is 6.50. The number of hydrogen-bond acceptors (Lipinski definition) is 4. The van der Waals surface area contributed by atoms with Crippen molar-refractivity contribution in [2.45, 2.75) is 26.2 Å². The van der Waals surface area contributed by atoms with E-state index in [1.807, 2.05) is 0 Å². The number of rotatable bonds is 0. The van der Waals surface area contributed by atoms with Crippen LogP contribution >= 0.6 is 0 Å². The van der Waals surface area contributed by atoms with Gasteiger partial charge in [0.05, 0.1) is 6.20 Å². The number of pyridine rings is 1. The molecule has 0 aliphatic carbocycles. The number of anilines is 1. The summed E-state index contributed by atoms with van der Waals surface area (Å²) < 4.78 is 5.18. The fourth-order valence-electron chi connectivity index (χ4n) is 1.59. The van der Waals surface area contributed by atoms with Crippen molar-refractivity contribution in [3.63, 3.8) is 0 Å². The summed E-state index contributed by atoms with van der Waals surface area (Å²) in [5.41, 5.74) is 8.21. The molecule has 0 saturated heterocycles. The quantitative estimate of drug-likeness (QED) is 0.692. The Balaban J connectivity index is 2.83. The first-order valence-corrected chi connectivity index (χ1v) is 4.48. The van der Waals surface area contributed by atoms with Crippen LogP contribution in [0.2, 0.25) is 0 Å². The highest BCUT2D eigenvalue weighted by Gasteiger charge is 2.22. The molecule has 0 aliphatic rings. The molecular weight excluding hydrogens is 178 g/mol. The van der Waals surface area contributed by atoms with Gasteiger partial charge in [-0.05, 0) is 5.41 Å². The summed E-state index contributed by atoms with van der Waals surface area (Å²) in [4.78, 5) is 8.25. The van der Waals surface area contributed by atoms with E-state index in [0.29, 0.717) is 11.4 Å². The number of nitrogens with two attached hydrogens (primary N) is 1. The average molecular weight is 191 g/mol. The molecule has 0 bridgehead atoms. The summed E-state index contributed by atoms with van der Waals surface area (Å²) in [5.74, 6) is 0.527. The van der Waals surface area contributed by atoms with Crippen molar-refractivity contribution in [2.24, 2.45) is 0 Å². The second-order valence-electron chi connectivity index (χ2n) is 4.33. The van der Waals surface area contributed by atoms with E-state index in [2.05, 4.69) is 30.7 Å². The third-order valence-corrected chi connectivity index (χ3v) is 2.16. The number of nitrogens with zero attached hydrogens (tertiary/aromatic N) is 2. The summed E-state index contributed by atoms with van der Waals surface area (Å²) in [7, 11) is 0. The number of fused-ring (bicyclic) bond motifs is 1. The van der Waals surface area contributed by atoms with Crippen LogP contribution in [0.15, 0.2) is 17.0 Å². The Morgan fingerprint density at radius 3 is 2.64 bits per heavy atom. The molecule has 2 rings (SSSR count). The van der Waals surface area contributed by atoms with Crippen molar-refractivity contribution >= 4 is 16.9 Å². The van der Waals surface area contributed by atoms with Gasteiger partial charge in [-0.1, -0.05) is 20.8 Å². The predicted octanol–water partition coefficient (Wildman–Crippen LogP) is 2.10. The van der Waals surface area contributed by atoms with Crippen molar-refractivity contribution in [3.8, 4) is 0 Å². The molecule has 0 aliphatic heterocycles. The highest BCUT2D eigenvalue weighted by Crippen LogP contribution is 2.32. The molecule has 4 heteroatoms. The topological polar surface area (TPSA) is 64.9 Å². The molecule has 2 aromatic rings. The third-order valence-electron chi connectivity index (χ3n) is 2.16. The molecule has 0 saturated carbocycles. The zero-order chi connectivity index (χ0) is 10.3. The molecular formula is C10H13N3O. The number of nitrogen functional groups attached to an aromatic ring is 1. The first kappa shape index (κ1) is 8.99. The van der Waals surface area contributed by atoms with Gasteiger partial charge in [0.25, 0.3) is 0 Å². The smallest absolute Gasteiger partial charge is 0.182 e. The van der Waals surface area contributed by atoms with Crippen LogP contribution in [0.25, 0.3) is 11.1 Å². The zero-order valence-electron chi connectivity index (χ0n) is 8.53. The van der Waals surface area contributed by atoms with Gasteiger partial charge in [0.1, 0.15) is 11.3 Å². The molecule has 0 fully saturated rings. The summed E-state index contributed by atoms with van der Waals surface area (Å²) in [6.45, 7) is 6.23. The average Bonchev–Trinajstić information content (AvgIpc) is 2.48. The Bertz CT molecular complexity index is 468. The van der Waals surface area contributed by atoms with Crippen molar-refractivity contribution in [1.29, 1.82) is 0 Å². The maximum atomic E-state index is 5.84. The third kappa shape index (κ3) is 1.23. The molecule has 0 atom stereocenters. The van der Waals surface area contributed by atoms with E-state index in [1.165, 1.54) is 6.39 Å². The molecule has 14 heavy (non-hydrogen) atoms. The minimum absolute atomic E-state index is 0.0759. The lowest BCUT2D eigenvalue weighted by atomic mass is 9.86. The normalized spacial score (nSPS) is 12.2. The molecule has 2 aromatic heterocycles. The van der Waals surface area contributed by atoms with Crippen molar-refractivity contribution in [1.82, 2.24) is 9.97 Å². The van der Waals surface area contributed by atoms with E-state index in [4.69, 9.17) is 10.2 Å². The van der Waals surface area contributed by atoms with Crippen LogP contribution in [-0.4, -0.2) is 9.97 Å². The molecule has 2 N–H and O–H groups in total. The van der Waals surface area contributed by atoms with Gasteiger partial charge in [0.15, 0.2) is 12.0 Å². The Morgan fingerprint density at radius 1 is 1.29 bits per heavy atom. The van der Waals surface area contributed by atoms with Gasteiger partial charge in [0, 0.05) is 5.56 Å². The molecule has 0 radical (unpaired) electrons. The van der Waals surface area contributed by atoms with Crippen molar-refractivity contribution < 1.29 is 4.42 Å². The van der Waals surface area contributed by atoms with Gasteiger partial charge in [-0.15, -0.1) is 0 Å². The van der Waals surface area contributed by atoms with Gasteiger partial charge in [-0.2, -0.15) is 0 Å². The van der Waals surface area contributed by atoms with Gasteiger partial charge in [-0.3, -0.25) is 0 Å². The number of aromatic nitrogens is 2. The number of oxazole rings is 1. The van der Waals surface area contributed by atoms with E-state index in [1.54, 1.807) is 6.20 Å². The fraction of sp³-hybridized carbons (Fsp3) is 0.400. The van der Waals surface area contributed by atoms with Gasteiger partial charge < -0.3 is 10.2 Å². The number of hydrogen-bond donors (Lipinski definition) is 1. The van der Waals surface area contributed by atoms with E-state index >= 15 is 0 Å². The van der Waals surface area contributed by atoms with Crippen LogP contribution in [0, 0.1) is 0 Å². The summed E-state index contributed by atoms with van der Waals surface area (Å²) >= 11 is 0. The summed E-state index contributed by atoms with van der Waals surface area (Å²) in [6.07, 6.45) is 3.02.